The Balaban J connectivity index is 1.42. The molecule has 0 N–H and O–H groups in total. The molecule has 0 radical (unpaired) electrons. The van der Waals surface area contributed by atoms with Crippen LogP contribution in [0.4, 0.5) is 0 Å². The number of benzene rings is 4. The summed E-state index contributed by atoms with van der Waals surface area (Å²) < 4.78 is 4.19. The molecule has 0 atom stereocenters. The van der Waals surface area contributed by atoms with Gasteiger partial charge in [0.05, 0.1) is 23.8 Å². The van der Waals surface area contributed by atoms with Crippen LogP contribution in [-0.4, -0.2) is 39.0 Å². The molecule has 0 aliphatic rings. The van der Waals surface area contributed by atoms with Crippen molar-refractivity contribution in [2.75, 3.05) is 0 Å². The highest BCUT2D eigenvalue weighted by atomic mass is 15.1. The molecule has 0 amide bonds. The third-order valence-corrected chi connectivity index (χ3v) is 7.64. The van der Waals surface area contributed by atoms with Crippen LogP contribution in [0.3, 0.4) is 0 Å². The number of aryl methyl sites for hydroxylation is 2. The van der Waals surface area contributed by atoms with Crippen LogP contribution >= 0.6 is 0 Å². The molecule has 40 heavy (non-hydrogen) atoms. The predicted octanol–water partition coefficient (Wildman–Crippen LogP) is 6.53. The molecule has 4 aromatic heterocycles. The fourth-order valence-corrected chi connectivity index (χ4v) is 5.96. The molecule has 0 aliphatic heterocycles. The van der Waals surface area contributed by atoms with Crippen molar-refractivity contribution in [3.63, 3.8) is 0 Å². The average molecular weight is 519 g/mol. The molecule has 4 aromatic carbocycles. The van der Waals surface area contributed by atoms with Gasteiger partial charge in [0.15, 0.2) is 11.3 Å². The lowest BCUT2D eigenvalue weighted by atomic mass is 9.89. The SMILES string of the molecule is Cc1cc(-c2cc(C)c(-n3cnc4ncncc43)c3ccccc23)c2ccccc2c1-n1cnc2ncncc21. The van der Waals surface area contributed by atoms with E-state index in [-0.39, 0.29) is 0 Å². The van der Waals surface area contributed by atoms with Crippen molar-refractivity contribution in [3.05, 3.63) is 109 Å². The Morgan fingerprint density at radius 3 is 1.40 bits per heavy atom. The summed E-state index contributed by atoms with van der Waals surface area (Å²) in [6.45, 7) is 4.31. The Kier molecular flexibility index (Phi) is 4.78. The van der Waals surface area contributed by atoms with Crippen molar-refractivity contribution in [2.24, 2.45) is 0 Å². The van der Waals surface area contributed by atoms with Crippen molar-refractivity contribution in [1.82, 2.24) is 39.0 Å². The van der Waals surface area contributed by atoms with Crippen LogP contribution in [0.1, 0.15) is 11.1 Å². The van der Waals surface area contributed by atoms with E-state index in [0.29, 0.717) is 11.3 Å². The minimum atomic E-state index is 0.678. The van der Waals surface area contributed by atoms with E-state index in [1.54, 1.807) is 0 Å². The molecule has 4 heterocycles. The maximum Gasteiger partial charge on any atom is 0.181 e. The number of hydrogen-bond acceptors (Lipinski definition) is 6. The van der Waals surface area contributed by atoms with Crippen LogP contribution < -0.4 is 0 Å². The first-order chi connectivity index (χ1) is 19.7. The number of rotatable bonds is 3. The first-order valence-corrected chi connectivity index (χ1v) is 13.0. The van der Waals surface area contributed by atoms with Crippen LogP contribution in [0, 0.1) is 13.8 Å². The van der Waals surface area contributed by atoms with Gasteiger partial charge >= 0.3 is 0 Å². The molecule has 8 nitrogen and oxygen atoms in total. The Bertz CT molecular complexity index is 2100. The number of nitrogens with zero attached hydrogens (tertiary/aromatic N) is 8. The van der Waals surface area contributed by atoms with Gasteiger partial charge in [-0.3, -0.25) is 9.13 Å². The minimum Gasteiger partial charge on any atom is -0.295 e. The average Bonchev–Trinajstić information content (AvgIpc) is 3.61. The van der Waals surface area contributed by atoms with Crippen LogP contribution in [0.25, 0.3) is 66.4 Å². The second-order valence-corrected chi connectivity index (χ2v) is 9.96. The number of hydrogen-bond donors (Lipinski definition) is 0. The van der Waals surface area contributed by atoms with Crippen molar-refractivity contribution in [1.29, 1.82) is 0 Å². The van der Waals surface area contributed by atoms with Gasteiger partial charge in [-0.05, 0) is 59.0 Å². The van der Waals surface area contributed by atoms with Gasteiger partial charge < -0.3 is 0 Å². The molecule has 0 fully saturated rings. The van der Waals surface area contributed by atoms with E-state index in [9.17, 15) is 0 Å². The third-order valence-electron chi connectivity index (χ3n) is 7.64. The quantitative estimate of drug-likeness (QED) is 0.264. The summed E-state index contributed by atoms with van der Waals surface area (Å²) in [5.74, 6) is 0. The summed E-state index contributed by atoms with van der Waals surface area (Å²) >= 11 is 0. The van der Waals surface area contributed by atoms with Gasteiger partial charge in [-0.2, -0.15) is 0 Å². The summed E-state index contributed by atoms with van der Waals surface area (Å²) in [6.07, 6.45) is 10.4. The maximum atomic E-state index is 4.53. The van der Waals surface area contributed by atoms with Gasteiger partial charge in [0.25, 0.3) is 0 Å². The highest BCUT2D eigenvalue weighted by molar-refractivity contribution is 6.10. The first kappa shape index (κ1) is 22.5. The minimum absolute atomic E-state index is 0.678. The first-order valence-electron chi connectivity index (χ1n) is 13.0. The molecule has 0 spiro atoms. The summed E-state index contributed by atoms with van der Waals surface area (Å²) in [6, 6.07) is 21.7. The lowest BCUT2D eigenvalue weighted by Gasteiger charge is -2.20. The van der Waals surface area contributed by atoms with Gasteiger partial charge in [-0.15, -0.1) is 0 Å². The molecule has 0 unspecified atom stereocenters. The smallest absolute Gasteiger partial charge is 0.181 e. The van der Waals surface area contributed by atoms with E-state index in [1.165, 1.54) is 34.6 Å². The van der Waals surface area contributed by atoms with Gasteiger partial charge in [-0.1, -0.05) is 48.5 Å². The van der Waals surface area contributed by atoms with Crippen LogP contribution in [0.2, 0.25) is 0 Å². The largest absolute Gasteiger partial charge is 0.295 e. The summed E-state index contributed by atoms with van der Waals surface area (Å²) in [7, 11) is 0. The Hall–Kier alpha value is -5.50. The second-order valence-electron chi connectivity index (χ2n) is 9.96. The highest BCUT2D eigenvalue weighted by Crippen LogP contribution is 2.41. The topological polar surface area (TPSA) is 87.2 Å². The van der Waals surface area contributed by atoms with Gasteiger partial charge in [-0.25, -0.2) is 29.9 Å². The van der Waals surface area contributed by atoms with Crippen LogP contribution in [0.5, 0.6) is 0 Å². The summed E-state index contributed by atoms with van der Waals surface area (Å²) in [4.78, 5) is 26.2. The zero-order chi connectivity index (χ0) is 26.8. The van der Waals surface area contributed by atoms with Crippen molar-refractivity contribution in [3.8, 4) is 22.5 Å². The molecular formula is C32H22N8. The molecule has 0 aliphatic carbocycles. The lowest BCUT2D eigenvalue weighted by Crippen LogP contribution is -2.01. The monoisotopic (exact) mass is 518 g/mol. The standard InChI is InChI=1S/C32H22N8/c1-19-11-25(21-7-3-5-9-23(21)29(19)39-17-37-31-27(39)13-33-15-35-31)26-12-20(2)30(24-10-6-4-8-22(24)26)40-18-38-32-28(40)14-34-16-36-32/h3-18H,1-2H3. The van der Waals surface area contributed by atoms with Gasteiger partial charge in [0.1, 0.15) is 36.3 Å². The maximum absolute atomic E-state index is 4.53. The molecule has 190 valence electrons. The normalized spacial score (nSPS) is 11.8. The van der Waals surface area contributed by atoms with E-state index in [2.05, 4.69) is 114 Å². The van der Waals surface area contributed by atoms with E-state index in [0.717, 1.165) is 44.3 Å². The molecular weight excluding hydrogens is 496 g/mol. The number of imidazole rings is 2. The van der Waals surface area contributed by atoms with E-state index in [4.69, 9.17) is 0 Å². The Labute approximate surface area is 228 Å². The number of fused-ring (bicyclic) bond motifs is 4. The fraction of sp³-hybridized carbons (Fsp3) is 0.0625. The summed E-state index contributed by atoms with van der Waals surface area (Å²) in [5, 5.41) is 4.62. The predicted molar refractivity (Wildman–Crippen MR) is 157 cm³/mol. The van der Waals surface area contributed by atoms with Crippen molar-refractivity contribution >= 4 is 43.9 Å². The fourth-order valence-electron chi connectivity index (χ4n) is 5.96. The zero-order valence-corrected chi connectivity index (χ0v) is 21.8. The number of aromatic nitrogens is 8. The molecule has 0 saturated heterocycles. The van der Waals surface area contributed by atoms with Crippen LogP contribution in [0.15, 0.2) is 98.4 Å². The molecule has 0 saturated carbocycles. The third kappa shape index (κ3) is 3.19. The molecule has 8 aromatic rings. The van der Waals surface area contributed by atoms with E-state index in [1.807, 2.05) is 25.0 Å². The zero-order valence-electron chi connectivity index (χ0n) is 21.8. The van der Waals surface area contributed by atoms with Gasteiger partial charge in [0.2, 0.25) is 0 Å². The molecule has 8 rings (SSSR count). The van der Waals surface area contributed by atoms with Gasteiger partial charge in [0, 0.05) is 10.8 Å². The molecule has 0 bridgehead atoms. The van der Waals surface area contributed by atoms with Crippen molar-refractivity contribution < 1.29 is 0 Å². The molecule has 8 heteroatoms. The Morgan fingerprint density at radius 1 is 0.525 bits per heavy atom. The Morgan fingerprint density at radius 2 is 0.950 bits per heavy atom. The van der Waals surface area contributed by atoms with E-state index >= 15 is 0 Å². The van der Waals surface area contributed by atoms with Crippen LogP contribution in [-0.2, 0) is 0 Å². The van der Waals surface area contributed by atoms with E-state index < -0.39 is 0 Å². The van der Waals surface area contributed by atoms with Crippen molar-refractivity contribution in [2.45, 2.75) is 13.8 Å². The summed E-state index contributed by atoms with van der Waals surface area (Å²) in [5.41, 5.74) is 9.93. The lowest BCUT2D eigenvalue weighted by molar-refractivity contribution is 1.08. The highest BCUT2D eigenvalue weighted by Gasteiger charge is 2.19. The second kappa shape index (κ2) is 8.51.